The van der Waals surface area contributed by atoms with Gasteiger partial charge in [0.05, 0.1) is 23.4 Å². The molecule has 3 atom stereocenters. The van der Waals surface area contributed by atoms with Crippen LogP contribution in [0.5, 0.6) is 0 Å². The van der Waals surface area contributed by atoms with Crippen molar-refractivity contribution in [3.63, 3.8) is 0 Å². The van der Waals surface area contributed by atoms with Gasteiger partial charge in [0.25, 0.3) is 0 Å². The van der Waals surface area contributed by atoms with Gasteiger partial charge in [-0.15, -0.1) is 0 Å². The molecule has 1 N–H and O–H groups in total. The molecule has 2 aromatic rings. The summed E-state index contributed by atoms with van der Waals surface area (Å²) in [7, 11) is -3.60. The van der Waals surface area contributed by atoms with Crippen LogP contribution in [0.1, 0.15) is 17.5 Å². The molecule has 3 unspecified atom stereocenters. The third-order valence-corrected chi connectivity index (χ3v) is 6.54. The van der Waals surface area contributed by atoms with Gasteiger partial charge in [0.15, 0.2) is 16.1 Å². The molecule has 3 rings (SSSR count). The Morgan fingerprint density at radius 3 is 2.48 bits per heavy atom. The highest BCUT2D eigenvalue weighted by Gasteiger charge is 2.43. The van der Waals surface area contributed by atoms with Gasteiger partial charge in [-0.2, -0.15) is 0 Å². The van der Waals surface area contributed by atoms with Crippen molar-refractivity contribution in [1.82, 2.24) is 0 Å². The van der Waals surface area contributed by atoms with E-state index in [1.54, 1.807) is 24.3 Å². The first-order valence-corrected chi connectivity index (χ1v) is 9.77. The Labute approximate surface area is 148 Å². The van der Waals surface area contributed by atoms with Crippen LogP contribution in [0, 0.1) is 6.92 Å². The molecule has 0 saturated carbocycles. The maximum atomic E-state index is 12.9. The Morgan fingerprint density at radius 1 is 1.12 bits per heavy atom. The zero-order chi connectivity index (χ0) is 17.9. The fourth-order valence-electron chi connectivity index (χ4n) is 2.94. The summed E-state index contributed by atoms with van der Waals surface area (Å²) < 4.78 is 36.8. The van der Waals surface area contributed by atoms with E-state index in [2.05, 4.69) is 0 Å². The Bertz CT molecular complexity index is 786. The highest BCUT2D eigenvalue weighted by atomic mass is 32.2. The van der Waals surface area contributed by atoms with Crippen molar-refractivity contribution in [1.29, 1.82) is 0 Å². The summed E-state index contributed by atoms with van der Waals surface area (Å²) >= 11 is 0. The number of ether oxygens (including phenoxy) is 2. The molecule has 1 aliphatic rings. The van der Waals surface area contributed by atoms with Gasteiger partial charge in [0.1, 0.15) is 6.10 Å². The van der Waals surface area contributed by atoms with Crippen LogP contribution < -0.4 is 0 Å². The smallest absolute Gasteiger partial charge is 0.184 e. The van der Waals surface area contributed by atoms with Crippen LogP contribution in [0.15, 0.2) is 59.5 Å². The molecule has 0 amide bonds. The number of hydrogen-bond acceptors (Lipinski definition) is 5. The van der Waals surface area contributed by atoms with E-state index in [1.807, 2.05) is 37.3 Å². The van der Waals surface area contributed by atoms with Crippen LogP contribution >= 0.6 is 0 Å². The maximum Gasteiger partial charge on any atom is 0.184 e. The summed E-state index contributed by atoms with van der Waals surface area (Å²) in [6.45, 7) is 2.38. The van der Waals surface area contributed by atoms with Gasteiger partial charge in [-0.1, -0.05) is 48.0 Å². The number of rotatable bonds is 6. The molecule has 0 radical (unpaired) electrons. The van der Waals surface area contributed by atoms with E-state index in [0.29, 0.717) is 6.61 Å². The van der Waals surface area contributed by atoms with Crippen molar-refractivity contribution >= 4 is 9.84 Å². The molecule has 0 aromatic heterocycles. The van der Waals surface area contributed by atoms with E-state index in [1.165, 1.54) is 0 Å². The summed E-state index contributed by atoms with van der Waals surface area (Å²) in [6.07, 6.45) is -1.73. The highest BCUT2D eigenvalue weighted by Crippen LogP contribution is 2.30. The number of aryl methyl sites for hydroxylation is 1. The van der Waals surface area contributed by atoms with Gasteiger partial charge in [-0.25, -0.2) is 8.42 Å². The fraction of sp³-hybridized carbons (Fsp3) is 0.368. The molecule has 0 aliphatic carbocycles. The molecule has 5 nitrogen and oxygen atoms in total. The standard InChI is InChI=1S/C19H22O5S/c1-14-7-9-16(10-8-14)25(21,22)18-11-19(20)24-17(18)13-23-12-15-5-3-2-4-6-15/h2-10,17-20H,11-13H2,1H3. The van der Waals surface area contributed by atoms with Crippen LogP contribution in [-0.4, -0.2) is 37.8 Å². The molecule has 1 fully saturated rings. The number of sulfone groups is 1. The van der Waals surface area contributed by atoms with E-state index in [-0.39, 0.29) is 17.9 Å². The molecular formula is C19H22O5S. The molecule has 6 heteroatoms. The van der Waals surface area contributed by atoms with Crippen LogP contribution in [-0.2, 0) is 25.9 Å². The second-order valence-corrected chi connectivity index (χ2v) is 8.43. The van der Waals surface area contributed by atoms with Crippen molar-refractivity contribution in [2.45, 2.75) is 42.5 Å². The Hall–Kier alpha value is -1.73. The molecule has 1 aliphatic heterocycles. The molecule has 25 heavy (non-hydrogen) atoms. The van der Waals surface area contributed by atoms with Gasteiger partial charge in [0, 0.05) is 6.42 Å². The van der Waals surface area contributed by atoms with E-state index in [4.69, 9.17) is 9.47 Å². The topological polar surface area (TPSA) is 72.8 Å². The summed E-state index contributed by atoms with van der Waals surface area (Å²) in [5.41, 5.74) is 1.99. The highest BCUT2D eigenvalue weighted by molar-refractivity contribution is 7.92. The van der Waals surface area contributed by atoms with Gasteiger partial charge in [0.2, 0.25) is 0 Å². The summed E-state index contributed by atoms with van der Waals surface area (Å²) in [4.78, 5) is 0.244. The van der Waals surface area contributed by atoms with Gasteiger partial charge in [-0.3, -0.25) is 0 Å². The molecule has 1 saturated heterocycles. The van der Waals surface area contributed by atoms with Crippen molar-refractivity contribution in [2.75, 3.05) is 6.61 Å². The zero-order valence-corrected chi connectivity index (χ0v) is 14.9. The van der Waals surface area contributed by atoms with E-state index in [0.717, 1.165) is 11.1 Å². The van der Waals surface area contributed by atoms with Crippen molar-refractivity contribution in [3.8, 4) is 0 Å². The van der Waals surface area contributed by atoms with Gasteiger partial charge < -0.3 is 14.6 Å². The predicted molar refractivity (Wildman–Crippen MR) is 93.7 cm³/mol. The minimum absolute atomic E-state index is 0.0512. The first kappa shape index (κ1) is 18.1. The summed E-state index contributed by atoms with van der Waals surface area (Å²) in [5.74, 6) is 0. The third kappa shape index (κ3) is 4.27. The van der Waals surface area contributed by atoms with Crippen molar-refractivity contribution < 1.29 is 23.0 Å². The van der Waals surface area contributed by atoms with Crippen LogP contribution in [0.2, 0.25) is 0 Å². The lowest BCUT2D eigenvalue weighted by Crippen LogP contribution is -2.33. The zero-order valence-electron chi connectivity index (χ0n) is 14.0. The van der Waals surface area contributed by atoms with Crippen LogP contribution in [0.4, 0.5) is 0 Å². The fourth-order valence-corrected chi connectivity index (χ4v) is 4.76. The lowest BCUT2D eigenvalue weighted by atomic mass is 10.2. The quantitative estimate of drug-likeness (QED) is 0.855. The molecule has 134 valence electrons. The summed E-state index contributed by atoms with van der Waals surface area (Å²) in [6, 6.07) is 16.3. The monoisotopic (exact) mass is 362 g/mol. The Morgan fingerprint density at radius 2 is 1.80 bits per heavy atom. The molecule has 1 heterocycles. The Kier molecular flexibility index (Phi) is 5.54. The maximum absolute atomic E-state index is 12.9. The van der Waals surface area contributed by atoms with Gasteiger partial charge >= 0.3 is 0 Å². The number of aliphatic hydroxyl groups excluding tert-OH is 1. The number of benzene rings is 2. The van der Waals surface area contributed by atoms with E-state index in [9.17, 15) is 13.5 Å². The molecule has 0 spiro atoms. The minimum atomic E-state index is -3.60. The first-order valence-electron chi connectivity index (χ1n) is 8.22. The molecular weight excluding hydrogens is 340 g/mol. The Balaban J connectivity index is 1.69. The van der Waals surface area contributed by atoms with Gasteiger partial charge in [-0.05, 0) is 24.6 Å². The SMILES string of the molecule is Cc1ccc(S(=O)(=O)C2CC(O)OC2COCc2ccccc2)cc1. The number of aliphatic hydroxyl groups is 1. The van der Waals surface area contributed by atoms with Crippen molar-refractivity contribution in [2.24, 2.45) is 0 Å². The average molecular weight is 362 g/mol. The van der Waals surface area contributed by atoms with Crippen molar-refractivity contribution in [3.05, 3.63) is 65.7 Å². The van der Waals surface area contributed by atoms with E-state index < -0.39 is 27.5 Å². The second kappa shape index (κ2) is 7.66. The molecule has 0 bridgehead atoms. The third-order valence-electron chi connectivity index (χ3n) is 4.32. The normalized spacial score (nSPS) is 23.7. The number of hydrogen-bond donors (Lipinski definition) is 1. The van der Waals surface area contributed by atoms with Crippen LogP contribution in [0.3, 0.4) is 0 Å². The molecule has 2 aromatic carbocycles. The summed E-state index contributed by atoms with van der Waals surface area (Å²) in [5, 5.41) is 8.98. The second-order valence-electron chi connectivity index (χ2n) is 6.26. The predicted octanol–water partition coefficient (Wildman–Crippen LogP) is 2.46. The minimum Gasteiger partial charge on any atom is -0.374 e. The lowest BCUT2D eigenvalue weighted by molar-refractivity contribution is -0.109. The van der Waals surface area contributed by atoms with E-state index >= 15 is 0 Å². The first-order chi connectivity index (χ1) is 12.0. The van der Waals surface area contributed by atoms with Crippen LogP contribution in [0.25, 0.3) is 0 Å². The lowest BCUT2D eigenvalue weighted by Gasteiger charge is -2.19. The largest absolute Gasteiger partial charge is 0.374 e. The average Bonchev–Trinajstić information content (AvgIpc) is 2.98.